The minimum absolute atomic E-state index is 0.144. The highest BCUT2D eigenvalue weighted by Crippen LogP contribution is 2.26. The van der Waals surface area contributed by atoms with Gasteiger partial charge >= 0.3 is 0 Å². The molecule has 0 aliphatic carbocycles. The summed E-state index contributed by atoms with van der Waals surface area (Å²) in [5.41, 5.74) is 2.65. The zero-order valence-corrected chi connectivity index (χ0v) is 19.9. The summed E-state index contributed by atoms with van der Waals surface area (Å²) >= 11 is 0. The van der Waals surface area contributed by atoms with Crippen molar-refractivity contribution in [3.63, 3.8) is 0 Å². The van der Waals surface area contributed by atoms with Gasteiger partial charge in [-0.1, -0.05) is 38.1 Å². The van der Waals surface area contributed by atoms with Crippen molar-refractivity contribution in [1.29, 1.82) is 5.26 Å². The van der Waals surface area contributed by atoms with Gasteiger partial charge in [0.1, 0.15) is 23.5 Å². The summed E-state index contributed by atoms with van der Waals surface area (Å²) in [5.74, 6) is -0.0170. The lowest BCUT2D eigenvalue weighted by molar-refractivity contribution is -0.123. The number of benzene rings is 2. The van der Waals surface area contributed by atoms with Crippen molar-refractivity contribution >= 4 is 33.6 Å². The maximum Gasteiger partial charge on any atom is 0.268 e. The third-order valence-corrected chi connectivity index (χ3v) is 5.84. The van der Waals surface area contributed by atoms with Crippen LogP contribution in [0.2, 0.25) is 0 Å². The van der Waals surface area contributed by atoms with Crippen LogP contribution in [0.5, 0.6) is 5.75 Å². The van der Waals surface area contributed by atoms with Gasteiger partial charge in [0.2, 0.25) is 5.91 Å². The van der Waals surface area contributed by atoms with Crippen molar-refractivity contribution in [3.8, 4) is 11.8 Å². The van der Waals surface area contributed by atoms with Crippen LogP contribution in [0.25, 0.3) is 21.8 Å². The predicted molar refractivity (Wildman–Crippen MR) is 133 cm³/mol. The van der Waals surface area contributed by atoms with Gasteiger partial charge in [-0.15, -0.1) is 0 Å². The van der Waals surface area contributed by atoms with Crippen LogP contribution in [-0.2, 0) is 11.2 Å². The smallest absolute Gasteiger partial charge is 0.268 e. The van der Waals surface area contributed by atoms with Gasteiger partial charge in [0, 0.05) is 28.4 Å². The highest BCUT2D eigenvalue weighted by atomic mass is 16.5. The van der Waals surface area contributed by atoms with Gasteiger partial charge in [0.25, 0.3) is 5.91 Å². The molecule has 2 aromatic heterocycles. The molecule has 180 valence electrons. The number of hydrogen-bond acceptors (Lipinski definition) is 5. The number of rotatable bonds is 9. The van der Waals surface area contributed by atoms with E-state index in [4.69, 9.17) is 4.74 Å². The maximum absolute atomic E-state index is 13.1. The number of amides is 2. The number of carbonyl (C=O) groups excluding carboxylic acids is 2. The fourth-order valence-corrected chi connectivity index (χ4v) is 4.14. The Kier molecular flexibility index (Phi) is 7.01. The van der Waals surface area contributed by atoms with Crippen LogP contribution in [0.3, 0.4) is 0 Å². The number of H-pyrrole nitrogens is 2. The van der Waals surface area contributed by atoms with E-state index in [9.17, 15) is 14.9 Å². The van der Waals surface area contributed by atoms with E-state index in [2.05, 4.69) is 31.9 Å². The number of nitrogens with zero attached hydrogens (tertiary/aromatic N) is 2. The Morgan fingerprint density at radius 1 is 1.11 bits per heavy atom. The standard InChI is InChI=1S/C26H28N6O3/c1-15(2)11-22(30-26(34)23-13-18-19(29-23)9-6-10-24(18)35-3)25(33)28-16(14-27)12-21-17-7-4-5-8-20(17)31-32-21/h4-10,13,15-16,22,29H,11-12H2,1-3H3,(H,28,33)(H,30,34)(H,31,32). The van der Waals surface area contributed by atoms with E-state index < -0.39 is 23.9 Å². The molecule has 0 spiro atoms. The first kappa shape index (κ1) is 23.8. The molecular weight excluding hydrogens is 444 g/mol. The fraction of sp³-hybridized carbons (Fsp3) is 0.308. The molecule has 2 unspecified atom stereocenters. The van der Waals surface area contributed by atoms with Crippen molar-refractivity contribution in [3.05, 3.63) is 59.9 Å². The number of carbonyl (C=O) groups is 2. The molecule has 9 nitrogen and oxygen atoms in total. The zero-order valence-electron chi connectivity index (χ0n) is 19.9. The van der Waals surface area contributed by atoms with Crippen LogP contribution in [0.1, 0.15) is 36.5 Å². The topological polar surface area (TPSA) is 136 Å². The first-order chi connectivity index (χ1) is 16.9. The normalized spacial score (nSPS) is 12.9. The highest BCUT2D eigenvalue weighted by Gasteiger charge is 2.26. The number of aromatic nitrogens is 3. The molecule has 4 aromatic rings. The molecule has 35 heavy (non-hydrogen) atoms. The Bertz CT molecular complexity index is 1400. The van der Waals surface area contributed by atoms with Crippen molar-refractivity contribution < 1.29 is 14.3 Å². The Hall–Kier alpha value is -4.32. The third-order valence-electron chi connectivity index (χ3n) is 5.84. The van der Waals surface area contributed by atoms with Crippen LogP contribution < -0.4 is 15.4 Å². The summed E-state index contributed by atoms with van der Waals surface area (Å²) < 4.78 is 5.36. The van der Waals surface area contributed by atoms with E-state index >= 15 is 0 Å². The van der Waals surface area contributed by atoms with E-state index in [1.807, 2.05) is 56.3 Å². The highest BCUT2D eigenvalue weighted by molar-refractivity contribution is 6.01. The number of methoxy groups -OCH3 is 1. The Balaban J connectivity index is 1.48. The molecule has 9 heteroatoms. The van der Waals surface area contributed by atoms with Crippen LogP contribution in [-0.4, -0.2) is 46.2 Å². The molecule has 0 saturated carbocycles. The van der Waals surface area contributed by atoms with Gasteiger partial charge in [0.15, 0.2) is 0 Å². The van der Waals surface area contributed by atoms with E-state index in [0.717, 1.165) is 27.5 Å². The van der Waals surface area contributed by atoms with Gasteiger partial charge in [-0.05, 0) is 36.6 Å². The molecule has 2 aromatic carbocycles. The molecule has 4 N–H and O–H groups in total. The molecule has 2 heterocycles. The van der Waals surface area contributed by atoms with Crippen LogP contribution in [0.4, 0.5) is 0 Å². The van der Waals surface area contributed by atoms with Crippen molar-refractivity contribution in [2.24, 2.45) is 5.92 Å². The zero-order chi connectivity index (χ0) is 24.9. The van der Waals surface area contributed by atoms with Crippen LogP contribution >= 0.6 is 0 Å². The molecule has 0 saturated heterocycles. The predicted octanol–water partition coefficient (Wildman–Crippen LogP) is 3.45. The monoisotopic (exact) mass is 472 g/mol. The van der Waals surface area contributed by atoms with Crippen molar-refractivity contribution in [1.82, 2.24) is 25.8 Å². The van der Waals surface area contributed by atoms with E-state index in [0.29, 0.717) is 17.9 Å². The summed E-state index contributed by atoms with van der Waals surface area (Å²) in [5, 5.41) is 24.2. The van der Waals surface area contributed by atoms with Gasteiger partial charge < -0.3 is 20.4 Å². The number of fused-ring (bicyclic) bond motifs is 2. The fourth-order valence-electron chi connectivity index (χ4n) is 4.14. The largest absolute Gasteiger partial charge is 0.496 e. The summed E-state index contributed by atoms with van der Waals surface area (Å²) in [6.45, 7) is 3.94. The minimum atomic E-state index is -0.801. The molecule has 0 fully saturated rings. The minimum Gasteiger partial charge on any atom is -0.496 e. The molecule has 0 aliphatic rings. The van der Waals surface area contributed by atoms with Crippen LogP contribution in [0.15, 0.2) is 48.5 Å². The van der Waals surface area contributed by atoms with Gasteiger partial charge in [0.05, 0.1) is 18.7 Å². The number of hydrogen-bond donors (Lipinski definition) is 4. The molecule has 2 amide bonds. The number of aromatic amines is 2. The van der Waals surface area contributed by atoms with Crippen molar-refractivity contribution in [2.45, 2.75) is 38.8 Å². The van der Waals surface area contributed by atoms with E-state index in [-0.39, 0.29) is 12.3 Å². The SMILES string of the molecule is COc1cccc2[nH]c(C(=O)NC(CC(C)C)C(=O)NC(C#N)Cc3[nH]nc4ccccc34)cc12. The Morgan fingerprint density at radius 2 is 1.91 bits per heavy atom. The summed E-state index contributed by atoms with van der Waals surface area (Å²) in [6.07, 6.45) is 0.694. The molecule has 2 atom stereocenters. The summed E-state index contributed by atoms with van der Waals surface area (Å²) in [7, 11) is 1.57. The van der Waals surface area contributed by atoms with E-state index in [1.165, 1.54) is 0 Å². The van der Waals surface area contributed by atoms with Gasteiger partial charge in [-0.25, -0.2) is 0 Å². The Morgan fingerprint density at radius 3 is 2.66 bits per heavy atom. The lowest BCUT2D eigenvalue weighted by Gasteiger charge is -2.21. The Labute approximate surface area is 202 Å². The quantitative estimate of drug-likeness (QED) is 0.296. The average Bonchev–Trinajstić information content (AvgIpc) is 3.47. The molecule has 0 aliphatic heterocycles. The third kappa shape index (κ3) is 5.27. The maximum atomic E-state index is 13.1. The first-order valence-corrected chi connectivity index (χ1v) is 11.5. The number of para-hydroxylation sites is 1. The second kappa shape index (κ2) is 10.3. The lowest BCUT2D eigenvalue weighted by atomic mass is 10.0. The first-order valence-electron chi connectivity index (χ1n) is 11.5. The molecule has 0 radical (unpaired) electrons. The van der Waals surface area contributed by atoms with Crippen molar-refractivity contribution in [2.75, 3.05) is 7.11 Å². The summed E-state index contributed by atoms with van der Waals surface area (Å²) in [6, 6.07) is 15.4. The van der Waals surface area contributed by atoms with E-state index in [1.54, 1.807) is 13.2 Å². The molecule has 4 rings (SSSR count). The lowest BCUT2D eigenvalue weighted by Crippen LogP contribution is -2.50. The molecule has 0 bridgehead atoms. The number of ether oxygens (including phenoxy) is 1. The number of nitrogens with one attached hydrogen (secondary N) is 4. The number of nitriles is 1. The van der Waals surface area contributed by atoms with Gasteiger partial charge in [-0.3, -0.25) is 14.7 Å². The molecular formula is C26H28N6O3. The summed E-state index contributed by atoms with van der Waals surface area (Å²) in [4.78, 5) is 29.3. The van der Waals surface area contributed by atoms with Crippen LogP contribution in [0, 0.1) is 17.2 Å². The average molecular weight is 473 g/mol. The second-order valence-electron chi connectivity index (χ2n) is 8.87. The second-order valence-corrected chi connectivity index (χ2v) is 8.87. The van der Waals surface area contributed by atoms with Gasteiger partial charge in [-0.2, -0.15) is 10.4 Å².